The number of aliphatic carboxylic acids is 1. The van der Waals surface area contributed by atoms with Crippen molar-refractivity contribution in [1.29, 1.82) is 0 Å². The van der Waals surface area contributed by atoms with Crippen LogP contribution in [-0.4, -0.2) is 79.9 Å². The van der Waals surface area contributed by atoms with E-state index in [0.717, 1.165) is 0 Å². The van der Waals surface area contributed by atoms with Gasteiger partial charge in [0.2, 0.25) is 5.91 Å². The second kappa shape index (κ2) is 15.5. The first-order chi connectivity index (χ1) is 21.6. The molecule has 1 aliphatic heterocycles. The van der Waals surface area contributed by atoms with Gasteiger partial charge in [0.1, 0.15) is 40.3 Å². The molecule has 3 atom stereocenters. The molecule has 0 aliphatic carbocycles. The minimum Gasteiger partial charge on any atom is -0.489 e. The van der Waals surface area contributed by atoms with Crippen LogP contribution in [0.5, 0.6) is 5.75 Å². The number of ether oxygens (including phenoxy) is 1. The zero-order valence-electron chi connectivity index (χ0n) is 25.3. The lowest BCUT2D eigenvalue weighted by molar-refractivity contribution is -0.192. The van der Waals surface area contributed by atoms with Gasteiger partial charge in [-0.3, -0.25) is 19.6 Å². The van der Waals surface area contributed by atoms with E-state index in [9.17, 15) is 37.5 Å². The summed E-state index contributed by atoms with van der Waals surface area (Å²) in [6.45, 7) is 6.72. The van der Waals surface area contributed by atoms with Crippen LogP contribution in [0.2, 0.25) is 10.3 Å². The number of carboxylic acids is 1. The minimum atomic E-state index is -5.08. The van der Waals surface area contributed by atoms with Gasteiger partial charge in [0.15, 0.2) is 0 Å². The van der Waals surface area contributed by atoms with E-state index in [1.54, 1.807) is 57.2 Å². The molecule has 19 heteroatoms. The van der Waals surface area contributed by atoms with Gasteiger partial charge in [-0.25, -0.2) is 20.1 Å². The summed E-state index contributed by atoms with van der Waals surface area (Å²) in [5.74, 6) is -4.40. The summed E-state index contributed by atoms with van der Waals surface area (Å²) in [4.78, 5) is 64.9. The fourth-order valence-electron chi connectivity index (χ4n) is 4.48. The largest absolute Gasteiger partial charge is 0.490 e. The molecular weight excluding hydrogens is 678 g/mol. The van der Waals surface area contributed by atoms with Gasteiger partial charge in [-0.15, -0.1) is 0 Å². The highest BCUT2D eigenvalue weighted by Crippen LogP contribution is 2.36. The lowest BCUT2D eigenvalue weighted by atomic mass is 9.83. The number of halogens is 5. The number of hydrogen-bond acceptors (Lipinski definition) is 8. The van der Waals surface area contributed by atoms with E-state index in [1.165, 1.54) is 17.3 Å². The van der Waals surface area contributed by atoms with Gasteiger partial charge in [-0.1, -0.05) is 56.1 Å². The minimum absolute atomic E-state index is 0.0821. The van der Waals surface area contributed by atoms with Crippen LogP contribution in [0.3, 0.4) is 0 Å². The summed E-state index contributed by atoms with van der Waals surface area (Å²) in [5.41, 5.74) is 0.184. The Balaban J connectivity index is 0.000000984. The van der Waals surface area contributed by atoms with Crippen LogP contribution in [0.4, 0.5) is 18.0 Å². The van der Waals surface area contributed by atoms with Crippen molar-refractivity contribution in [2.75, 3.05) is 6.54 Å². The number of carbonyl (C=O) groups is 5. The van der Waals surface area contributed by atoms with Crippen molar-refractivity contribution in [2.45, 2.75) is 64.5 Å². The highest BCUT2D eigenvalue weighted by Gasteiger charge is 2.52. The molecule has 14 nitrogen and oxygen atoms in total. The van der Waals surface area contributed by atoms with Crippen LogP contribution < -0.4 is 20.9 Å². The summed E-state index contributed by atoms with van der Waals surface area (Å²) in [7, 11) is 0. The molecule has 0 spiro atoms. The van der Waals surface area contributed by atoms with E-state index in [0.29, 0.717) is 16.9 Å². The highest BCUT2D eigenvalue weighted by molar-refractivity contribution is 6.32. The first-order valence-corrected chi connectivity index (χ1v) is 14.3. The zero-order valence-corrected chi connectivity index (χ0v) is 26.8. The molecule has 6 N–H and O–H groups in total. The third kappa shape index (κ3) is 10.3. The fourth-order valence-corrected chi connectivity index (χ4v) is 4.99. The normalized spacial score (nSPS) is 17.5. The molecule has 258 valence electrons. The number of nitrogens with one attached hydrogen (secondary N) is 3. The van der Waals surface area contributed by atoms with Crippen molar-refractivity contribution in [1.82, 2.24) is 26.0 Å². The summed E-state index contributed by atoms with van der Waals surface area (Å²) < 4.78 is 37.5. The van der Waals surface area contributed by atoms with Crippen molar-refractivity contribution in [2.24, 2.45) is 5.41 Å². The van der Waals surface area contributed by atoms with E-state index in [-0.39, 0.29) is 29.9 Å². The van der Waals surface area contributed by atoms with Crippen molar-refractivity contribution >= 4 is 53.0 Å². The molecule has 1 saturated heterocycles. The second-order valence-corrected chi connectivity index (χ2v) is 12.1. The van der Waals surface area contributed by atoms with Gasteiger partial charge < -0.3 is 30.5 Å². The van der Waals surface area contributed by atoms with Crippen LogP contribution in [0.1, 0.15) is 45.2 Å². The van der Waals surface area contributed by atoms with E-state index in [1.807, 2.05) is 0 Å². The average Bonchev–Trinajstić information content (AvgIpc) is 3.29. The number of carbonyl (C=O) groups excluding carboxylic acids is 3. The first-order valence-electron chi connectivity index (χ1n) is 13.5. The van der Waals surface area contributed by atoms with Gasteiger partial charge >= 0.3 is 18.2 Å². The molecule has 4 amide bonds. The number of likely N-dealkylation sites (tertiary alicyclic amines) is 1. The van der Waals surface area contributed by atoms with E-state index < -0.39 is 59.0 Å². The predicted octanol–water partition coefficient (Wildman–Crippen LogP) is 3.72. The number of carboxylic acid groups (broad SMARTS) is 2. The molecule has 47 heavy (non-hydrogen) atoms. The van der Waals surface area contributed by atoms with Crippen molar-refractivity contribution < 1.29 is 57.3 Å². The molecule has 2 aromatic rings. The molecule has 1 aliphatic rings. The number of nitrogens with zero attached hydrogens (tertiary/aromatic N) is 2. The maximum atomic E-state index is 13.8. The lowest BCUT2D eigenvalue weighted by Crippen LogP contribution is -2.60. The van der Waals surface area contributed by atoms with Crippen molar-refractivity contribution in [3.63, 3.8) is 0 Å². The van der Waals surface area contributed by atoms with Crippen LogP contribution in [0.25, 0.3) is 0 Å². The number of amides is 4. The predicted molar refractivity (Wildman–Crippen MR) is 159 cm³/mol. The van der Waals surface area contributed by atoms with Crippen molar-refractivity contribution in [3.05, 3.63) is 57.8 Å². The number of alkyl halides is 3. The van der Waals surface area contributed by atoms with Gasteiger partial charge in [0.05, 0.1) is 0 Å². The molecule has 3 rings (SSSR count). The molecule has 1 aromatic heterocycles. The maximum Gasteiger partial charge on any atom is 0.490 e. The Bertz CT molecular complexity index is 1470. The third-order valence-electron chi connectivity index (χ3n) is 6.86. The number of rotatable bonds is 9. The SMILES string of the molecule is CC(C(=O)NO)N1CCC(NC(=O)[C@H](NC(=O)O)C(C)(C)C)(c2ccc(OCc3cc(Cl)nc(Cl)c3)cc2)C1=O.O=C(O)C(F)(F)F. The summed E-state index contributed by atoms with van der Waals surface area (Å²) >= 11 is 11.9. The highest BCUT2D eigenvalue weighted by atomic mass is 35.5. The molecule has 0 radical (unpaired) electrons. The fraction of sp³-hybridized carbons (Fsp3) is 0.429. The Kier molecular flexibility index (Phi) is 12.8. The number of hydrogen-bond donors (Lipinski definition) is 6. The van der Waals surface area contributed by atoms with E-state index >= 15 is 0 Å². The quantitative estimate of drug-likeness (QED) is 0.126. The molecule has 1 fully saturated rings. The van der Waals surface area contributed by atoms with Gasteiger partial charge in [-0.05, 0) is 47.7 Å². The number of pyridine rings is 1. The number of hydroxylamine groups is 1. The summed E-state index contributed by atoms with van der Waals surface area (Å²) in [5, 5.41) is 31.0. The van der Waals surface area contributed by atoms with Crippen LogP contribution in [0.15, 0.2) is 36.4 Å². The topological polar surface area (TPSA) is 207 Å². The molecule has 1 aromatic carbocycles. The van der Waals surface area contributed by atoms with E-state index in [4.69, 9.17) is 43.0 Å². The van der Waals surface area contributed by atoms with Gasteiger partial charge in [0.25, 0.3) is 11.8 Å². The third-order valence-corrected chi connectivity index (χ3v) is 7.25. The van der Waals surface area contributed by atoms with E-state index in [2.05, 4.69) is 15.6 Å². The Hall–Kier alpha value is -4.35. The van der Waals surface area contributed by atoms with Crippen molar-refractivity contribution in [3.8, 4) is 5.75 Å². The number of aromatic nitrogens is 1. The number of benzene rings is 1. The van der Waals surface area contributed by atoms with Crippen LogP contribution >= 0.6 is 23.2 Å². The van der Waals surface area contributed by atoms with Gasteiger partial charge in [0, 0.05) is 13.0 Å². The Morgan fingerprint density at radius 2 is 1.57 bits per heavy atom. The van der Waals surface area contributed by atoms with Gasteiger partial charge in [-0.2, -0.15) is 13.2 Å². The van der Waals surface area contributed by atoms with Crippen LogP contribution in [0, 0.1) is 5.41 Å². The summed E-state index contributed by atoms with van der Waals surface area (Å²) in [6, 6.07) is 7.44. The Labute approximate surface area is 276 Å². The lowest BCUT2D eigenvalue weighted by Gasteiger charge is -2.35. The Morgan fingerprint density at radius 1 is 1.04 bits per heavy atom. The molecule has 2 heterocycles. The maximum absolute atomic E-state index is 13.8. The van der Waals surface area contributed by atoms with Crippen LogP contribution in [-0.2, 0) is 31.3 Å². The zero-order chi connectivity index (χ0) is 35.9. The monoisotopic (exact) mass is 709 g/mol. The molecular formula is C28H32Cl2F3N5O9. The average molecular weight is 710 g/mol. The standard InChI is InChI=1S/C26H31Cl2N5O7.C2HF3O2/c1-14(21(34)32-39)33-10-9-26(23(33)36,31-22(35)20(25(2,3)4)30-24(37)38)16-5-7-17(8-6-16)40-13-15-11-18(27)29-19(28)12-15;3-2(4,5)1(6)7/h5-8,11-12,14,20,30,39H,9-10,13H2,1-4H3,(H,31,35)(H,32,34)(H,37,38);(H,6,7)/t14?,20-,26?;/m0./s1. The Morgan fingerprint density at radius 3 is 2.02 bits per heavy atom. The first kappa shape index (κ1) is 38.8. The summed E-state index contributed by atoms with van der Waals surface area (Å²) in [6.07, 6.45) is -6.39. The molecule has 2 unspecified atom stereocenters. The molecule has 0 bridgehead atoms. The molecule has 0 saturated carbocycles. The smallest absolute Gasteiger partial charge is 0.489 e. The second-order valence-electron chi connectivity index (χ2n) is 11.3.